The van der Waals surface area contributed by atoms with E-state index in [1.54, 1.807) is 6.66 Å². The van der Waals surface area contributed by atoms with Gasteiger partial charge in [0.25, 0.3) is 0 Å². The number of halogens is 1. The van der Waals surface area contributed by atoms with Gasteiger partial charge in [-0.2, -0.15) is 19.2 Å². The highest BCUT2D eigenvalue weighted by molar-refractivity contribution is 7.62. The summed E-state index contributed by atoms with van der Waals surface area (Å²) < 4.78 is 39.6. The smallest absolute Gasteiger partial charge is 0.373 e. The topological polar surface area (TPSA) is 268 Å². The summed E-state index contributed by atoms with van der Waals surface area (Å²) in [6, 6.07) is 0. The van der Waals surface area contributed by atoms with Gasteiger partial charge in [-0.25, -0.2) is 24.1 Å². The van der Waals surface area contributed by atoms with Crippen LogP contribution in [0.5, 0.6) is 0 Å². The molecule has 17 nitrogen and oxygen atoms in total. The highest BCUT2D eigenvalue weighted by Crippen LogP contribution is 2.44. The molecule has 0 spiro atoms. The van der Waals surface area contributed by atoms with Crippen LogP contribution in [-0.2, 0) is 42.8 Å². The lowest BCUT2D eigenvalue weighted by atomic mass is 10.0. The van der Waals surface area contributed by atoms with E-state index in [2.05, 4.69) is 28.8 Å². The number of nitrogen functional groups attached to an aromatic ring is 1. The maximum atomic E-state index is 14.4. The average Bonchev–Trinajstić information content (AvgIpc) is 3.47. The predicted molar refractivity (Wildman–Crippen MR) is 137 cm³/mol. The standard InChI is InChI=1S/C16H23FN5O3P.C5H8O5.2CO2/c1-4-10(2)6-26(3,23)9-24-12-5-11(17)16(25-12)22-8-21-13-14(18)19-7-20-15(13)22;1-5(10,4(8)9)2-3(6)7;2*2-1-3/h5,7-8,10,12,16H,4,6,9H2,1-3H3,(H2,18,19,20);10H,2H2,1H3,(H,6,7)(H,8,9);;/t10-,12?,16+,26-;;;/m0.../s1. The molecule has 0 amide bonds. The first kappa shape index (κ1) is 37.8. The van der Waals surface area contributed by atoms with Crippen LogP contribution in [0.3, 0.4) is 0 Å². The molecule has 232 valence electrons. The van der Waals surface area contributed by atoms with Gasteiger partial charge in [-0.3, -0.25) is 9.36 Å². The number of carboxylic acid groups (broad SMARTS) is 2. The molecule has 3 heterocycles. The number of hydrogen-bond acceptors (Lipinski definition) is 14. The Hall–Kier alpha value is -4.17. The molecule has 1 aliphatic rings. The van der Waals surface area contributed by atoms with E-state index in [9.17, 15) is 18.5 Å². The molecule has 0 radical (unpaired) electrons. The van der Waals surface area contributed by atoms with E-state index in [1.165, 1.54) is 23.3 Å². The first-order chi connectivity index (χ1) is 19.5. The highest BCUT2D eigenvalue weighted by atomic mass is 31.2. The van der Waals surface area contributed by atoms with Gasteiger partial charge in [-0.1, -0.05) is 20.3 Å². The summed E-state index contributed by atoms with van der Waals surface area (Å²) in [5, 5.41) is 25.0. The quantitative estimate of drug-likeness (QED) is 0.272. The van der Waals surface area contributed by atoms with Crippen molar-refractivity contribution in [1.82, 2.24) is 19.5 Å². The molecule has 5 N–H and O–H groups in total. The molecule has 2 aromatic heterocycles. The van der Waals surface area contributed by atoms with Crippen molar-refractivity contribution in [3.05, 3.63) is 24.6 Å². The van der Waals surface area contributed by atoms with Crippen molar-refractivity contribution in [1.29, 1.82) is 0 Å². The Morgan fingerprint density at radius 1 is 1.24 bits per heavy atom. The molecule has 42 heavy (non-hydrogen) atoms. The molecule has 2 unspecified atom stereocenters. The van der Waals surface area contributed by atoms with E-state index in [1.807, 2.05) is 0 Å². The van der Waals surface area contributed by atoms with Crippen LogP contribution in [0.25, 0.3) is 11.2 Å². The Kier molecular flexibility index (Phi) is 15.9. The fourth-order valence-electron chi connectivity index (χ4n) is 3.21. The molecule has 3 rings (SSSR count). The zero-order valence-corrected chi connectivity index (χ0v) is 23.9. The van der Waals surface area contributed by atoms with Gasteiger partial charge >= 0.3 is 24.2 Å². The van der Waals surface area contributed by atoms with E-state index in [0.29, 0.717) is 23.2 Å². The van der Waals surface area contributed by atoms with Gasteiger partial charge in [0.05, 0.1) is 12.7 Å². The summed E-state index contributed by atoms with van der Waals surface area (Å²) in [7, 11) is -2.47. The van der Waals surface area contributed by atoms with Gasteiger partial charge in [-0.05, 0) is 19.5 Å². The van der Waals surface area contributed by atoms with Gasteiger partial charge in [-0.15, -0.1) is 0 Å². The maximum absolute atomic E-state index is 14.4. The molecule has 0 saturated heterocycles. The summed E-state index contributed by atoms with van der Waals surface area (Å²) >= 11 is 0. The Balaban J connectivity index is 0.000000875. The van der Waals surface area contributed by atoms with Gasteiger partial charge in [0.2, 0.25) is 0 Å². The number of hydrogen-bond donors (Lipinski definition) is 4. The fourth-order valence-corrected chi connectivity index (χ4v) is 5.36. The maximum Gasteiger partial charge on any atom is 0.373 e. The lowest BCUT2D eigenvalue weighted by Gasteiger charge is -2.20. The van der Waals surface area contributed by atoms with E-state index in [4.69, 9.17) is 49.7 Å². The number of carboxylic acids is 2. The lowest BCUT2D eigenvalue weighted by molar-refractivity contribution is -0.193. The summed E-state index contributed by atoms with van der Waals surface area (Å²) in [6.45, 7) is 6.74. The van der Waals surface area contributed by atoms with Crippen molar-refractivity contribution in [2.45, 2.75) is 51.7 Å². The van der Waals surface area contributed by atoms with Crippen LogP contribution in [0.4, 0.5) is 10.2 Å². The molecule has 0 aromatic carbocycles. The number of aromatic nitrogens is 4. The minimum absolute atomic E-state index is 0.0400. The minimum Gasteiger partial charge on any atom is -0.481 e. The number of fused-ring (bicyclic) bond motifs is 1. The Morgan fingerprint density at radius 2 is 1.81 bits per heavy atom. The zero-order valence-electron chi connectivity index (χ0n) is 23.0. The molecular weight excluding hydrogens is 588 g/mol. The van der Waals surface area contributed by atoms with Gasteiger partial charge in [0.1, 0.15) is 25.3 Å². The highest BCUT2D eigenvalue weighted by Gasteiger charge is 2.33. The first-order valence-electron chi connectivity index (χ1n) is 11.8. The second-order valence-corrected chi connectivity index (χ2v) is 12.3. The van der Waals surface area contributed by atoms with E-state index in [-0.39, 0.29) is 24.5 Å². The number of aliphatic carboxylic acids is 2. The number of imidazole rings is 1. The van der Waals surface area contributed by atoms with Crippen molar-refractivity contribution in [2.24, 2.45) is 5.92 Å². The van der Waals surface area contributed by atoms with Crippen molar-refractivity contribution < 1.29 is 62.5 Å². The van der Waals surface area contributed by atoms with Gasteiger partial charge < -0.3 is 35.1 Å². The zero-order chi connectivity index (χ0) is 32.7. The number of anilines is 1. The average molecular weight is 619 g/mol. The molecular formula is C23H31FN5O12P. The minimum atomic E-state index is -2.47. The van der Waals surface area contributed by atoms with Crippen LogP contribution in [-0.4, -0.2) is 90.1 Å². The molecule has 5 atom stereocenters. The Bertz CT molecular complexity index is 1340. The third-order valence-corrected chi connectivity index (χ3v) is 7.39. The monoisotopic (exact) mass is 619 g/mol. The van der Waals surface area contributed by atoms with Crippen molar-refractivity contribution in [3.63, 3.8) is 0 Å². The van der Waals surface area contributed by atoms with Gasteiger partial charge in [0.15, 0.2) is 35.4 Å². The number of ether oxygens (including phenoxy) is 2. The number of carbonyl (C=O) groups excluding carboxylic acids is 4. The molecule has 0 saturated carbocycles. The van der Waals surface area contributed by atoms with Crippen LogP contribution in [0.15, 0.2) is 24.6 Å². The third kappa shape index (κ3) is 12.6. The number of nitrogens with two attached hydrogens (primary N) is 1. The molecule has 2 aromatic rings. The molecule has 0 fully saturated rings. The number of aliphatic hydroxyl groups is 1. The fraction of sp³-hybridized carbons (Fsp3) is 0.522. The Morgan fingerprint density at radius 3 is 2.29 bits per heavy atom. The Labute approximate surface area is 237 Å². The number of rotatable bonds is 10. The summed E-state index contributed by atoms with van der Waals surface area (Å²) in [5.41, 5.74) is 4.32. The van der Waals surface area contributed by atoms with E-state index < -0.39 is 49.4 Å². The second-order valence-electron chi connectivity index (χ2n) is 9.10. The van der Waals surface area contributed by atoms with Crippen molar-refractivity contribution in [3.8, 4) is 0 Å². The van der Waals surface area contributed by atoms with Gasteiger partial charge in [0, 0.05) is 12.2 Å². The summed E-state index contributed by atoms with van der Waals surface area (Å²) in [6.07, 6.45) is 3.23. The first-order valence-corrected chi connectivity index (χ1v) is 14.3. The number of carbonyl (C=O) groups is 2. The summed E-state index contributed by atoms with van der Waals surface area (Å²) in [5.74, 6) is -2.84. The predicted octanol–water partition coefficient (Wildman–Crippen LogP) is 1.26. The second kappa shape index (κ2) is 17.6. The van der Waals surface area contributed by atoms with Crippen LogP contribution in [0.1, 0.15) is 39.8 Å². The molecule has 0 bridgehead atoms. The van der Waals surface area contributed by atoms with Crippen molar-refractivity contribution in [2.75, 3.05) is 24.9 Å². The lowest BCUT2D eigenvalue weighted by Crippen LogP contribution is -2.37. The molecule has 1 aliphatic heterocycles. The van der Waals surface area contributed by atoms with E-state index in [0.717, 1.165) is 13.3 Å². The van der Waals surface area contributed by atoms with Crippen LogP contribution >= 0.6 is 7.14 Å². The number of nitrogens with zero attached hydrogens (tertiary/aromatic N) is 4. The normalized spacial score (nSPS) is 18.9. The van der Waals surface area contributed by atoms with Crippen LogP contribution in [0, 0.1) is 5.92 Å². The third-order valence-electron chi connectivity index (χ3n) is 5.30. The van der Waals surface area contributed by atoms with Crippen molar-refractivity contribution >= 4 is 48.4 Å². The van der Waals surface area contributed by atoms with E-state index >= 15 is 0 Å². The van der Waals surface area contributed by atoms with Crippen LogP contribution in [0.2, 0.25) is 0 Å². The molecule has 19 heteroatoms. The van der Waals surface area contributed by atoms with Crippen LogP contribution < -0.4 is 5.73 Å². The molecule has 0 aliphatic carbocycles. The SMILES string of the molecule is CC(O)(CC(=O)O)C(=O)O.CC[C@H](C)C[P@](C)(=O)COC1C=C(F)[C@H](n2cnc3c(N)ncnc32)O1.O=C=O.O=C=O. The summed E-state index contributed by atoms with van der Waals surface area (Å²) in [4.78, 5) is 64.5. The largest absolute Gasteiger partial charge is 0.481 e.